The molecule has 1 aromatic carbocycles. The van der Waals surface area contributed by atoms with Crippen LogP contribution in [-0.2, 0) is 4.79 Å². The lowest BCUT2D eigenvalue weighted by Crippen LogP contribution is -2.23. The summed E-state index contributed by atoms with van der Waals surface area (Å²) in [6, 6.07) is 8.38. The third-order valence-electron chi connectivity index (χ3n) is 1.47. The lowest BCUT2D eigenvalue weighted by atomic mass is 10.1. The van der Waals surface area contributed by atoms with Crippen molar-refractivity contribution >= 4 is 11.6 Å². The Balaban J connectivity index is 2.86. The van der Waals surface area contributed by atoms with Gasteiger partial charge in [0.05, 0.1) is 6.54 Å². The maximum Gasteiger partial charge on any atom is 0.229 e. The Labute approximate surface area is 70.2 Å². The summed E-state index contributed by atoms with van der Waals surface area (Å²) >= 11 is 0. The summed E-state index contributed by atoms with van der Waals surface area (Å²) in [4.78, 5) is 22.0. The molecule has 0 atom stereocenters. The third kappa shape index (κ3) is 1.77. The first-order chi connectivity index (χ1) is 5.75. The predicted octanol–water partition coefficient (Wildman–Crippen LogP) is 0.397. The number of hydrogen-bond donors (Lipinski definition) is 1. The van der Waals surface area contributed by atoms with E-state index in [0.29, 0.717) is 5.56 Å². The molecular weight excluding hydrogens is 154 g/mol. The Morgan fingerprint density at radius 3 is 2.25 bits per heavy atom. The van der Waals surface area contributed by atoms with Gasteiger partial charge in [-0.3, -0.25) is 9.59 Å². The molecule has 1 aromatic rings. The van der Waals surface area contributed by atoms with Gasteiger partial charge in [-0.15, -0.1) is 0 Å². The second-order valence-corrected chi connectivity index (χ2v) is 2.32. The van der Waals surface area contributed by atoms with E-state index in [1.807, 2.05) is 0 Å². The minimum absolute atomic E-state index is 0.228. The van der Waals surface area contributed by atoms with Gasteiger partial charge in [0.15, 0.2) is 0 Å². The molecule has 0 heterocycles. The van der Waals surface area contributed by atoms with E-state index in [-0.39, 0.29) is 6.54 Å². The van der Waals surface area contributed by atoms with Crippen LogP contribution in [0.2, 0.25) is 0 Å². The van der Waals surface area contributed by atoms with E-state index < -0.39 is 11.6 Å². The van der Waals surface area contributed by atoms with Crippen LogP contribution in [0.25, 0.3) is 0 Å². The van der Waals surface area contributed by atoms with Crippen molar-refractivity contribution in [3.8, 4) is 0 Å². The molecule has 12 heavy (non-hydrogen) atoms. The Bertz CT molecular complexity index is 293. The summed E-state index contributed by atoms with van der Waals surface area (Å²) in [6.07, 6.45) is 0. The first-order valence-corrected chi connectivity index (χ1v) is 3.58. The van der Waals surface area contributed by atoms with Crippen LogP contribution in [0.5, 0.6) is 0 Å². The maximum atomic E-state index is 11.1. The summed E-state index contributed by atoms with van der Waals surface area (Å²) in [5.74, 6) is -1.07. The molecule has 2 N–H and O–H groups in total. The second kappa shape index (κ2) is 3.78. The van der Waals surface area contributed by atoms with Gasteiger partial charge >= 0.3 is 0 Å². The second-order valence-electron chi connectivity index (χ2n) is 2.32. The molecule has 62 valence electrons. The normalized spacial score (nSPS) is 9.42. The lowest BCUT2D eigenvalue weighted by Gasteiger charge is -1.95. The molecule has 0 bridgehead atoms. The third-order valence-corrected chi connectivity index (χ3v) is 1.47. The number of Topliss-reactive ketones (excluding diaryl/α,β-unsaturated/α-hetero) is 2. The largest absolute Gasteiger partial charge is 0.324 e. The minimum Gasteiger partial charge on any atom is -0.324 e. The molecule has 0 aromatic heterocycles. The first kappa shape index (κ1) is 8.62. The molecule has 3 nitrogen and oxygen atoms in total. The van der Waals surface area contributed by atoms with Gasteiger partial charge in [0, 0.05) is 5.56 Å². The monoisotopic (exact) mass is 163 g/mol. The zero-order valence-corrected chi connectivity index (χ0v) is 6.49. The van der Waals surface area contributed by atoms with Gasteiger partial charge < -0.3 is 5.73 Å². The van der Waals surface area contributed by atoms with Crippen LogP contribution >= 0.6 is 0 Å². The van der Waals surface area contributed by atoms with E-state index in [9.17, 15) is 9.59 Å². The zero-order valence-electron chi connectivity index (χ0n) is 6.49. The smallest absolute Gasteiger partial charge is 0.229 e. The molecule has 0 aliphatic carbocycles. The predicted molar refractivity (Wildman–Crippen MR) is 44.8 cm³/mol. The molecule has 0 saturated heterocycles. The van der Waals surface area contributed by atoms with Crippen LogP contribution in [-0.4, -0.2) is 18.1 Å². The van der Waals surface area contributed by atoms with Crippen molar-refractivity contribution < 1.29 is 9.59 Å². The Morgan fingerprint density at radius 2 is 1.75 bits per heavy atom. The van der Waals surface area contributed by atoms with E-state index >= 15 is 0 Å². The molecule has 0 aliphatic heterocycles. The quantitative estimate of drug-likeness (QED) is 0.518. The van der Waals surface area contributed by atoms with Gasteiger partial charge in [0.1, 0.15) is 0 Å². The van der Waals surface area contributed by atoms with Gasteiger partial charge in [-0.1, -0.05) is 30.3 Å². The van der Waals surface area contributed by atoms with Crippen LogP contribution in [0, 0.1) is 0 Å². The van der Waals surface area contributed by atoms with Crippen molar-refractivity contribution in [3.05, 3.63) is 35.9 Å². The fraction of sp³-hybridized carbons (Fsp3) is 0.111. The van der Waals surface area contributed by atoms with E-state index in [1.54, 1.807) is 30.3 Å². The number of carbonyl (C=O) groups is 2. The van der Waals surface area contributed by atoms with E-state index in [1.165, 1.54) is 0 Å². The molecule has 0 unspecified atom stereocenters. The van der Waals surface area contributed by atoms with Crippen LogP contribution in [0.4, 0.5) is 0 Å². The van der Waals surface area contributed by atoms with Crippen LogP contribution in [0.3, 0.4) is 0 Å². The van der Waals surface area contributed by atoms with Crippen LogP contribution < -0.4 is 5.73 Å². The summed E-state index contributed by atoms with van der Waals surface area (Å²) in [5, 5.41) is 0. The molecule has 0 amide bonds. The highest BCUT2D eigenvalue weighted by atomic mass is 16.2. The summed E-state index contributed by atoms with van der Waals surface area (Å²) in [5.41, 5.74) is 5.44. The minimum atomic E-state index is -0.554. The van der Waals surface area contributed by atoms with Gasteiger partial charge in [-0.25, -0.2) is 0 Å². The van der Waals surface area contributed by atoms with Crippen molar-refractivity contribution in [2.24, 2.45) is 5.73 Å². The van der Waals surface area contributed by atoms with Crippen molar-refractivity contribution in [2.45, 2.75) is 0 Å². The molecular formula is C9H9NO2. The van der Waals surface area contributed by atoms with Crippen LogP contribution in [0.15, 0.2) is 30.3 Å². The highest BCUT2D eigenvalue weighted by molar-refractivity contribution is 6.44. The number of carbonyl (C=O) groups excluding carboxylic acids is 2. The van der Waals surface area contributed by atoms with Gasteiger partial charge in [-0.05, 0) is 0 Å². The number of benzene rings is 1. The average molecular weight is 163 g/mol. The molecule has 0 spiro atoms. The van der Waals surface area contributed by atoms with Gasteiger partial charge in [-0.2, -0.15) is 0 Å². The van der Waals surface area contributed by atoms with E-state index in [0.717, 1.165) is 0 Å². The van der Waals surface area contributed by atoms with Crippen molar-refractivity contribution in [2.75, 3.05) is 6.54 Å². The summed E-state index contributed by atoms with van der Waals surface area (Å²) in [6.45, 7) is -0.228. The van der Waals surface area contributed by atoms with Crippen molar-refractivity contribution in [1.82, 2.24) is 0 Å². The van der Waals surface area contributed by atoms with Gasteiger partial charge in [0.25, 0.3) is 0 Å². The highest BCUT2D eigenvalue weighted by Gasteiger charge is 2.12. The standard InChI is InChI=1S/C9H9NO2/c10-6-8(11)9(12)7-4-2-1-3-5-7/h1-5H,6,10H2. The Kier molecular flexibility index (Phi) is 2.71. The molecule has 3 heteroatoms. The average Bonchev–Trinajstić information content (AvgIpc) is 2.17. The zero-order chi connectivity index (χ0) is 8.97. The number of ketones is 2. The molecule has 0 aliphatic rings. The topological polar surface area (TPSA) is 60.2 Å². The number of rotatable bonds is 3. The summed E-state index contributed by atoms with van der Waals surface area (Å²) in [7, 11) is 0. The Morgan fingerprint density at radius 1 is 1.17 bits per heavy atom. The number of nitrogens with two attached hydrogens (primary N) is 1. The molecule has 0 radical (unpaired) electrons. The van der Waals surface area contributed by atoms with E-state index in [2.05, 4.69) is 0 Å². The SMILES string of the molecule is NCC(=O)C(=O)c1ccccc1. The fourth-order valence-corrected chi connectivity index (χ4v) is 0.843. The maximum absolute atomic E-state index is 11.1. The fourth-order valence-electron chi connectivity index (χ4n) is 0.843. The Hall–Kier alpha value is -1.48. The first-order valence-electron chi connectivity index (χ1n) is 3.58. The van der Waals surface area contributed by atoms with Gasteiger partial charge in [0.2, 0.25) is 11.6 Å². The van der Waals surface area contributed by atoms with E-state index in [4.69, 9.17) is 5.73 Å². The highest BCUT2D eigenvalue weighted by Crippen LogP contribution is 1.99. The van der Waals surface area contributed by atoms with Crippen LogP contribution in [0.1, 0.15) is 10.4 Å². The summed E-state index contributed by atoms with van der Waals surface area (Å²) < 4.78 is 0. The molecule has 1 rings (SSSR count). The van der Waals surface area contributed by atoms with Crippen molar-refractivity contribution in [3.63, 3.8) is 0 Å². The molecule has 0 saturated carbocycles. The van der Waals surface area contributed by atoms with Crippen molar-refractivity contribution in [1.29, 1.82) is 0 Å². The molecule has 0 fully saturated rings. The lowest BCUT2D eigenvalue weighted by molar-refractivity contribution is -0.113. The number of hydrogen-bond acceptors (Lipinski definition) is 3.